The van der Waals surface area contributed by atoms with Crippen LogP contribution in [0.1, 0.15) is 43.1 Å². The first kappa shape index (κ1) is 21.2. The van der Waals surface area contributed by atoms with Crippen LogP contribution in [0.2, 0.25) is 0 Å². The summed E-state index contributed by atoms with van der Waals surface area (Å²) in [7, 11) is 5.01. The van der Waals surface area contributed by atoms with Crippen LogP contribution in [0, 0.1) is 0 Å². The smallest absolute Gasteiger partial charge is 0.269 e. The van der Waals surface area contributed by atoms with Crippen molar-refractivity contribution in [1.29, 1.82) is 0 Å². The van der Waals surface area contributed by atoms with Gasteiger partial charge in [0.15, 0.2) is 0 Å². The minimum absolute atomic E-state index is 0.106. The number of amides is 1. The summed E-state index contributed by atoms with van der Waals surface area (Å²) in [5, 5.41) is 7.53. The predicted molar refractivity (Wildman–Crippen MR) is 114 cm³/mol. The maximum absolute atomic E-state index is 12.6. The highest BCUT2D eigenvalue weighted by Crippen LogP contribution is 2.32. The Balaban J connectivity index is 1.60. The number of rotatable bonds is 8. The zero-order valence-electron chi connectivity index (χ0n) is 17.9. The van der Waals surface area contributed by atoms with Gasteiger partial charge >= 0.3 is 0 Å². The van der Waals surface area contributed by atoms with E-state index in [1.165, 1.54) is 25.8 Å². The molecule has 1 aliphatic rings. The molecular formula is C22H32N4O3. The van der Waals surface area contributed by atoms with Crippen LogP contribution in [0.5, 0.6) is 11.5 Å². The number of piperidine rings is 1. The molecule has 0 radical (unpaired) electrons. The SMILES string of the molecule is COc1ccc(-c2cc(C(=O)NCCCN3CCCCC3C)n(C)n2)c(OC)c1. The highest BCUT2D eigenvalue weighted by Gasteiger charge is 2.19. The van der Waals surface area contributed by atoms with Gasteiger partial charge in [0.1, 0.15) is 17.2 Å². The van der Waals surface area contributed by atoms with Crippen molar-refractivity contribution in [3.63, 3.8) is 0 Å². The van der Waals surface area contributed by atoms with Crippen LogP contribution in [0.4, 0.5) is 0 Å². The van der Waals surface area contributed by atoms with Crippen LogP contribution in [0.15, 0.2) is 24.3 Å². The molecule has 1 saturated heterocycles. The van der Waals surface area contributed by atoms with Crippen molar-refractivity contribution in [3.8, 4) is 22.8 Å². The zero-order valence-corrected chi connectivity index (χ0v) is 17.9. The van der Waals surface area contributed by atoms with Gasteiger partial charge in [-0.3, -0.25) is 9.48 Å². The summed E-state index contributed by atoms with van der Waals surface area (Å²) in [6.07, 6.45) is 4.84. The zero-order chi connectivity index (χ0) is 20.8. The van der Waals surface area contributed by atoms with Crippen molar-refractivity contribution in [2.24, 2.45) is 7.05 Å². The number of benzene rings is 1. The van der Waals surface area contributed by atoms with Crippen molar-refractivity contribution in [3.05, 3.63) is 30.0 Å². The van der Waals surface area contributed by atoms with Gasteiger partial charge in [0.2, 0.25) is 0 Å². The first-order valence-corrected chi connectivity index (χ1v) is 10.3. The summed E-state index contributed by atoms with van der Waals surface area (Å²) >= 11 is 0. The molecule has 1 N–H and O–H groups in total. The Morgan fingerprint density at radius 3 is 2.79 bits per heavy atom. The van der Waals surface area contributed by atoms with E-state index in [2.05, 4.69) is 22.2 Å². The fourth-order valence-corrected chi connectivity index (χ4v) is 3.89. The molecule has 2 heterocycles. The second kappa shape index (κ2) is 9.78. The molecule has 1 aromatic carbocycles. The molecule has 158 valence electrons. The lowest BCUT2D eigenvalue weighted by atomic mass is 10.0. The van der Waals surface area contributed by atoms with Gasteiger partial charge in [0.25, 0.3) is 5.91 Å². The van der Waals surface area contributed by atoms with Crippen molar-refractivity contribution < 1.29 is 14.3 Å². The molecule has 3 rings (SSSR count). The van der Waals surface area contributed by atoms with E-state index in [0.29, 0.717) is 35.5 Å². The number of likely N-dealkylation sites (tertiary alicyclic amines) is 1. The number of aromatic nitrogens is 2. The van der Waals surface area contributed by atoms with E-state index in [1.807, 2.05) is 18.2 Å². The summed E-state index contributed by atoms with van der Waals surface area (Å²) < 4.78 is 12.3. The van der Waals surface area contributed by atoms with E-state index in [9.17, 15) is 4.79 Å². The Labute approximate surface area is 173 Å². The lowest BCUT2D eigenvalue weighted by molar-refractivity contribution is 0.0939. The third-order valence-corrected chi connectivity index (χ3v) is 5.65. The molecule has 1 atom stereocenters. The maximum atomic E-state index is 12.6. The Hall–Kier alpha value is -2.54. The van der Waals surface area contributed by atoms with Crippen molar-refractivity contribution in [2.45, 2.75) is 38.6 Å². The fourth-order valence-electron chi connectivity index (χ4n) is 3.89. The van der Waals surface area contributed by atoms with Gasteiger partial charge in [0, 0.05) is 37.8 Å². The summed E-state index contributed by atoms with van der Waals surface area (Å²) in [5.41, 5.74) is 2.05. The minimum atomic E-state index is -0.106. The third kappa shape index (κ3) is 5.09. The van der Waals surface area contributed by atoms with Crippen LogP contribution >= 0.6 is 0 Å². The highest BCUT2D eigenvalue weighted by atomic mass is 16.5. The molecule has 0 spiro atoms. The molecule has 1 fully saturated rings. The largest absolute Gasteiger partial charge is 0.497 e. The molecule has 7 heteroatoms. The van der Waals surface area contributed by atoms with Crippen LogP contribution in [0.25, 0.3) is 11.3 Å². The van der Waals surface area contributed by atoms with Crippen molar-refractivity contribution in [1.82, 2.24) is 20.0 Å². The number of nitrogens with zero attached hydrogens (tertiary/aromatic N) is 3. The Bertz CT molecular complexity index is 833. The number of nitrogens with one attached hydrogen (secondary N) is 1. The standard InChI is InChI=1S/C22H32N4O3/c1-16-8-5-6-12-26(16)13-7-11-23-22(27)20-15-19(24-25(20)2)18-10-9-17(28-3)14-21(18)29-4/h9-10,14-16H,5-8,11-13H2,1-4H3,(H,23,27). The molecule has 1 aromatic heterocycles. The molecule has 0 bridgehead atoms. The average Bonchev–Trinajstić information content (AvgIpc) is 3.13. The number of methoxy groups -OCH3 is 2. The van der Waals surface area contributed by atoms with Gasteiger partial charge in [-0.1, -0.05) is 6.42 Å². The minimum Gasteiger partial charge on any atom is -0.497 e. The average molecular weight is 401 g/mol. The Morgan fingerprint density at radius 1 is 1.24 bits per heavy atom. The highest BCUT2D eigenvalue weighted by molar-refractivity contribution is 5.93. The third-order valence-electron chi connectivity index (χ3n) is 5.65. The molecule has 1 amide bonds. The van der Waals surface area contributed by atoms with Gasteiger partial charge in [-0.25, -0.2) is 0 Å². The predicted octanol–water partition coefficient (Wildman–Crippen LogP) is 3.10. The summed E-state index contributed by atoms with van der Waals surface area (Å²) in [6, 6.07) is 8.01. The van der Waals surface area contributed by atoms with Crippen LogP contribution in [-0.4, -0.2) is 60.5 Å². The van der Waals surface area contributed by atoms with Crippen LogP contribution in [-0.2, 0) is 7.05 Å². The number of carbonyl (C=O) groups excluding carboxylic acids is 1. The molecule has 7 nitrogen and oxygen atoms in total. The van der Waals surface area contributed by atoms with Gasteiger partial charge in [-0.15, -0.1) is 0 Å². The Kier molecular flexibility index (Phi) is 7.14. The normalized spacial score (nSPS) is 17.2. The fraction of sp³-hybridized carbons (Fsp3) is 0.545. The van der Waals surface area contributed by atoms with Crippen LogP contribution in [0.3, 0.4) is 0 Å². The van der Waals surface area contributed by atoms with E-state index in [1.54, 1.807) is 32.0 Å². The molecule has 2 aromatic rings. The van der Waals surface area contributed by atoms with Crippen LogP contribution < -0.4 is 14.8 Å². The first-order chi connectivity index (χ1) is 14.0. The van der Waals surface area contributed by atoms with Gasteiger partial charge in [0.05, 0.1) is 19.9 Å². The number of ether oxygens (including phenoxy) is 2. The van der Waals surface area contributed by atoms with Gasteiger partial charge < -0.3 is 19.7 Å². The topological polar surface area (TPSA) is 68.6 Å². The summed E-state index contributed by atoms with van der Waals surface area (Å²) in [6.45, 7) is 5.15. The number of aryl methyl sites for hydroxylation is 1. The molecule has 0 saturated carbocycles. The second-order valence-corrected chi connectivity index (χ2v) is 7.59. The van der Waals surface area contributed by atoms with Gasteiger partial charge in [-0.2, -0.15) is 5.10 Å². The molecule has 1 aliphatic heterocycles. The first-order valence-electron chi connectivity index (χ1n) is 10.3. The van der Waals surface area contributed by atoms with Crippen molar-refractivity contribution >= 4 is 5.91 Å². The Morgan fingerprint density at radius 2 is 2.07 bits per heavy atom. The molecule has 1 unspecified atom stereocenters. The lowest BCUT2D eigenvalue weighted by Crippen LogP contribution is -2.39. The number of hydrogen-bond acceptors (Lipinski definition) is 5. The molecular weight excluding hydrogens is 368 g/mol. The quantitative estimate of drug-likeness (QED) is 0.690. The van der Waals surface area contributed by atoms with E-state index < -0.39 is 0 Å². The summed E-state index contributed by atoms with van der Waals surface area (Å²) in [4.78, 5) is 15.2. The summed E-state index contributed by atoms with van der Waals surface area (Å²) in [5.74, 6) is 1.26. The van der Waals surface area contributed by atoms with Gasteiger partial charge in [-0.05, 0) is 50.9 Å². The second-order valence-electron chi connectivity index (χ2n) is 7.59. The monoisotopic (exact) mass is 400 g/mol. The number of carbonyl (C=O) groups is 1. The van der Waals surface area contributed by atoms with E-state index >= 15 is 0 Å². The lowest BCUT2D eigenvalue weighted by Gasteiger charge is -2.33. The van der Waals surface area contributed by atoms with Crippen molar-refractivity contribution in [2.75, 3.05) is 33.9 Å². The van der Waals surface area contributed by atoms with E-state index in [4.69, 9.17) is 9.47 Å². The van der Waals surface area contributed by atoms with E-state index in [-0.39, 0.29) is 5.91 Å². The number of hydrogen-bond donors (Lipinski definition) is 1. The molecule has 29 heavy (non-hydrogen) atoms. The van der Waals surface area contributed by atoms with E-state index in [0.717, 1.165) is 18.5 Å². The molecule has 0 aliphatic carbocycles. The maximum Gasteiger partial charge on any atom is 0.269 e.